The lowest BCUT2D eigenvalue weighted by atomic mass is 10.3. The van der Waals surface area contributed by atoms with Gasteiger partial charge in [-0.25, -0.2) is 0 Å². The van der Waals surface area contributed by atoms with Crippen LogP contribution in [0.1, 0.15) is 16.3 Å². The Morgan fingerprint density at radius 2 is 1.88 bits per heavy atom. The first kappa shape index (κ1) is 19.6. The predicted octanol–water partition coefficient (Wildman–Crippen LogP) is 1.16. The van der Waals surface area contributed by atoms with Crippen LogP contribution in [0, 0.1) is 0 Å². The Morgan fingerprint density at radius 3 is 2.50 bits per heavy atom. The number of hydrogen-bond donors (Lipinski definition) is 4. The van der Waals surface area contributed by atoms with E-state index in [0.29, 0.717) is 18.0 Å². The van der Waals surface area contributed by atoms with E-state index in [0.717, 1.165) is 0 Å². The van der Waals surface area contributed by atoms with Crippen molar-refractivity contribution in [3.05, 3.63) is 47.9 Å². The van der Waals surface area contributed by atoms with Crippen LogP contribution in [0.15, 0.2) is 40.8 Å². The number of anilines is 1. The number of alkyl halides is 2. The first-order valence-electron chi connectivity index (χ1n) is 7.63. The van der Waals surface area contributed by atoms with Crippen LogP contribution >= 0.6 is 12.2 Å². The zero-order valence-electron chi connectivity index (χ0n) is 14.1. The van der Waals surface area contributed by atoms with Gasteiger partial charge in [0.25, 0.3) is 0 Å². The lowest BCUT2D eigenvalue weighted by Crippen LogP contribution is -3.04. The minimum absolute atomic E-state index is 0.0333. The third-order valence-electron chi connectivity index (χ3n) is 3.04. The second-order valence-corrected chi connectivity index (χ2v) is 5.99. The summed E-state index contributed by atoms with van der Waals surface area (Å²) in [4.78, 5) is 13.2. The van der Waals surface area contributed by atoms with Crippen LogP contribution in [0.4, 0.5) is 14.5 Å². The summed E-state index contributed by atoms with van der Waals surface area (Å²) in [6.07, 6.45) is 0. The van der Waals surface area contributed by atoms with Crippen molar-refractivity contribution in [3.8, 4) is 5.75 Å². The first-order chi connectivity index (χ1) is 12.3. The van der Waals surface area contributed by atoms with E-state index in [1.165, 1.54) is 29.2 Å². The van der Waals surface area contributed by atoms with Gasteiger partial charge in [0, 0.05) is 5.69 Å². The normalized spacial score (nSPS) is 10.7. The van der Waals surface area contributed by atoms with Gasteiger partial charge in [-0.15, -0.1) is 0 Å². The van der Waals surface area contributed by atoms with Gasteiger partial charge < -0.3 is 19.4 Å². The van der Waals surface area contributed by atoms with E-state index < -0.39 is 12.5 Å². The molecule has 1 amide bonds. The van der Waals surface area contributed by atoms with E-state index in [1.54, 1.807) is 12.1 Å². The third-order valence-corrected chi connectivity index (χ3v) is 3.24. The number of benzene rings is 1. The Balaban J connectivity index is 1.80. The van der Waals surface area contributed by atoms with Gasteiger partial charge in [-0.3, -0.25) is 15.6 Å². The number of thiocarbonyl (C=S) groups is 1. The number of furan rings is 1. The molecule has 0 spiro atoms. The molecule has 0 aliphatic carbocycles. The number of hydrazine groups is 1. The summed E-state index contributed by atoms with van der Waals surface area (Å²) in [5.74, 6) is 0.410. The summed E-state index contributed by atoms with van der Waals surface area (Å²) in [5, 5.41) is 2.91. The summed E-state index contributed by atoms with van der Waals surface area (Å²) >= 11 is 5.05. The van der Waals surface area contributed by atoms with Gasteiger partial charge in [-0.05, 0) is 48.6 Å². The van der Waals surface area contributed by atoms with E-state index in [2.05, 4.69) is 20.9 Å². The molecule has 1 aromatic carbocycles. The topological polar surface area (TPSA) is 80.0 Å². The van der Waals surface area contributed by atoms with E-state index in [9.17, 15) is 13.6 Å². The molecular formula is C16H19F2N4O3S+. The molecule has 4 N–H and O–H groups in total. The fourth-order valence-electron chi connectivity index (χ4n) is 2.00. The largest absolute Gasteiger partial charge is 0.450 e. The number of carbonyl (C=O) groups excluding carboxylic acids is 1. The molecule has 0 atom stereocenters. The van der Waals surface area contributed by atoms with Gasteiger partial charge in [0.15, 0.2) is 16.6 Å². The Kier molecular flexibility index (Phi) is 6.87. The number of ether oxygens (including phenoxy) is 1. The predicted molar refractivity (Wildman–Crippen MR) is 95.1 cm³/mol. The van der Waals surface area contributed by atoms with Crippen molar-refractivity contribution < 1.29 is 27.6 Å². The molecular weight excluding hydrogens is 366 g/mol. The van der Waals surface area contributed by atoms with Gasteiger partial charge in [0.05, 0.1) is 14.1 Å². The van der Waals surface area contributed by atoms with Crippen molar-refractivity contribution in [1.29, 1.82) is 0 Å². The second kappa shape index (κ2) is 9.11. The van der Waals surface area contributed by atoms with Gasteiger partial charge in [-0.1, -0.05) is 0 Å². The number of amides is 1. The third kappa shape index (κ3) is 6.30. The Bertz CT molecular complexity index is 750. The smallest absolute Gasteiger partial charge is 0.387 e. The molecule has 0 unspecified atom stereocenters. The number of hydrogen-bond acceptors (Lipinski definition) is 4. The van der Waals surface area contributed by atoms with Crippen LogP contribution in [-0.2, 0) is 6.54 Å². The average molecular weight is 385 g/mol. The SMILES string of the molecule is C[NH+](C)Cc1ccc(C(=O)NNC(=S)Nc2ccc(OC(F)F)cc2)o1. The lowest BCUT2D eigenvalue weighted by molar-refractivity contribution is -0.873. The maximum atomic E-state index is 12.1. The van der Waals surface area contributed by atoms with Crippen LogP contribution in [0.25, 0.3) is 0 Å². The molecule has 10 heteroatoms. The van der Waals surface area contributed by atoms with Crippen molar-refractivity contribution in [3.63, 3.8) is 0 Å². The van der Waals surface area contributed by atoms with Gasteiger partial charge in [0.1, 0.15) is 12.3 Å². The van der Waals surface area contributed by atoms with Gasteiger partial charge in [0.2, 0.25) is 0 Å². The minimum Gasteiger partial charge on any atom is -0.450 e. The molecule has 2 aromatic rings. The molecule has 0 aliphatic heterocycles. The molecule has 1 aromatic heterocycles. The zero-order chi connectivity index (χ0) is 19.1. The molecule has 0 radical (unpaired) electrons. The van der Waals surface area contributed by atoms with E-state index in [4.69, 9.17) is 16.6 Å². The summed E-state index contributed by atoms with van der Waals surface area (Å²) < 4.78 is 33.9. The summed E-state index contributed by atoms with van der Waals surface area (Å²) in [6.45, 7) is -2.22. The Hall–Kier alpha value is -2.72. The van der Waals surface area contributed by atoms with Crippen LogP contribution in [-0.4, -0.2) is 31.7 Å². The maximum absolute atomic E-state index is 12.1. The Morgan fingerprint density at radius 1 is 1.19 bits per heavy atom. The number of nitrogens with one attached hydrogen (secondary N) is 4. The Labute approximate surface area is 154 Å². The first-order valence-corrected chi connectivity index (χ1v) is 8.04. The van der Waals surface area contributed by atoms with Crippen LogP contribution in [0.5, 0.6) is 5.75 Å². The summed E-state index contributed by atoms with van der Waals surface area (Å²) in [5.41, 5.74) is 5.47. The van der Waals surface area contributed by atoms with E-state index in [1.807, 2.05) is 14.1 Å². The highest BCUT2D eigenvalue weighted by molar-refractivity contribution is 7.80. The molecule has 7 nitrogen and oxygen atoms in total. The second-order valence-electron chi connectivity index (χ2n) is 5.59. The van der Waals surface area contributed by atoms with Crippen molar-refractivity contribution >= 4 is 28.9 Å². The minimum atomic E-state index is -2.88. The molecule has 0 saturated heterocycles. The summed E-state index contributed by atoms with van der Waals surface area (Å²) in [7, 11) is 3.94. The molecule has 26 heavy (non-hydrogen) atoms. The molecule has 2 rings (SSSR count). The maximum Gasteiger partial charge on any atom is 0.387 e. The number of halogens is 2. The molecule has 140 valence electrons. The van der Waals surface area contributed by atoms with E-state index in [-0.39, 0.29) is 16.6 Å². The van der Waals surface area contributed by atoms with Crippen molar-refractivity contribution in [2.75, 3.05) is 19.4 Å². The van der Waals surface area contributed by atoms with Crippen LogP contribution in [0.2, 0.25) is 0 Å². The molecule has 0 fully saturated rings. The zero-order valence-corrected chi connectivity index (χ0v) is 15.0. The van der Waals surface area contributed by atoms with E-state index >= 15 is 0 Å². The monoisotopic (exact) mass is 385 g/mol. The van der Waals surface area contributed by atoms with Crippen LogP contribution in [0.3, 0.4) is 0 Å². The lowest BCUT2D eigenvalue weighted by Gasteiger charge is -2.11. The number of rotatable bonds is 6. The average Bonchev–Trinajstić information content (AvgIpc) is 3.02. The molecule has 0 bridgehead atoms. The highest BCUT2D eigenvalue weighted by atomic mass is 32.1. The fourth-order valence-corrected chi connectivity index (χ4v) is 2.17. The molecule has 0 saturated carbocycles. The van der Waals surface area contributed by atoms with Crippen molar-refractivity contribution in [2.24, 2.45) is 0 Å². The standard InChI is InChI=1S/C16H18F2N4O3S/c1-22(2)9-12-7-8-13(24-12)14(23)20-21-16(26)19-10-3-5-11(6-4-10)25-15(17)18/h3-8,15H,9H2,1-2H3,(H,20,23)(H2,19,21,26)/p+1. The fraction of sp³-hybridized carbons (Fsp3) is 0.250. The quantitative estimate of drug-likeness (QED) is 0.442. The number of quaternary nitrogens is 1. The molecule has 0 aliphatic rings. The van der Waals surface area contributed by atoms with Crippen LogP contribution < -0.4 is 25.8 Å². The molecule has 1 heterocycles. The van der Waals surface area contributed by atoms with Crippen molar-refractivity contribution in [1.82, 2.24) is 10.9 Å². The van der Waals surface area contributed by atoms with Gasteiger partial charge in [-0.2, -0.15) is 8.78 Å². The summed E-state index contributed by atoms with van der Waals surface area (Å²) in [6, 6.07) is 9.07. The highest BCUT2D eigenvalue weighted by Gasteiger charge is 2.13. The number of carbonyl (C=O) groups is 1. The highest BCUT2D eigenvalue weighted by Crippen LogP contribution is 2.17. The van der Waals surface area contributed by atoms with Gasteiger partial charge >= 0.3 is 12.5 Å². The van der Waals surface area contributed by atoms with Crippen molar-refractivity contribution in [2.45, 2.75) is 13.2 Å².